The minimum Gasteiger partial charge on any atom is -0.444 e. The van der Waals surface area contributed by atoms with Gasteiger partial charge in [-0.2, -0.15) is 0 Å². The molecule has 1 unspecified atom stereocenters. The molecule has 0 aromatic carbocycles. The first-order valence-electron chi connectivity index (χ1n) is 5.95. The number of nitrogens with zero attached hydrogens (tertiary/aromatic N) is 1. The third-order valence-corrected chi connectivity index (χ3v) is 2.64. The zero-order valence-electron chi connectivity index (χ0n) is 10.9. The van der Waals surface area contributed by atoms with E-state index in [4.69, 9.17) is 4.74 Å². The van der Waals surface area contributed by atoms with Crippen molar-refractivity contribution in [3.8, 4) is 0 Å². The van der Waals surface area contributed by atoms with Gasteiger partial charge < -0.3 is 9.64 Å². The van der Waals surface area contributed by atoms with E-state index in [9.17, 15) is 9.59 Å². The second-order valence-electron chi connectivity index (χ2n) is 5.37. The van der Waals surface area contributed by atoms with E-state index in [1.54, 1.807) is 11.0 Å². The molecule has 1 atom stereocenters. The molecule has 1 heterocycles. The quantitative estimate of drug-likeness (QED) is 0.710. The van der Waals surface area contributed by atoms with Crippen molar-refractivity contribution in [2.75, 3.05) is 13.1 Å². The minimum absolute atomic E-state index is 0.0551. The summed E-state index contributed by atoms with van der Waals surface area (Å²) in [6.07, 6.45) is 2.39. The van der Waals surface area contributed by atoms with Crippen LogP contribution in [0.15, 0.2) is 12.7 Å². The molecule has 1 saturated heterocycles. The summed E-state index contributed by atoms with van der Waals surface area (Å²) in [7, 11) is 0. The molecule has 0 radical (unpaired) electrons. The van der Waals surface area contributed by atoms with Gasteiger partial charge in [0.1, 0.15) is 11.4 Å². The van der Waals surface area contributed by atoms with Gasteiger partial charge in [0.05, 0.1) is 0 Å². The molecule has 1 aliphatic rings. The van der Waals surface area contributed by atoms with Crippen LogP contribution in [0.1, 0.15) is 33.6 Å². The maximum absolute atomic E-state index is 11.8. The predicted octanol–water partition coefficient (Wildman–Crippen LogP) is 2.39. The number of amides is 1. The standard InChI is InChI=1S/C13H21NO3/c1-5-6-11(15)10-7-8-14(9-10)12(16)17-13(2,3)4/h5,10H,1,6-9H2,2-4H3. The van der Waals surface area contributed by atoms with Crippen molar-refractivity contribution in [1.29, 1.82) is 0 Å². The predicted molar refractivity (Wildman–Crippen MR) is 65.7 cm³/mol. The molecule has 1 fully saturated rings. The summed E-state index contributed by atoms with van der Waals surface area (Å²) in [5.41, 5.74) is -0.486. The molecule has 4 nitrogen and oxygen atoms in total. The Morgan fingerprint density at radius 3 is 2.65 bits per heavy atom. The van der Waals surface area contributed by atoms with Crippen molar-refractivity contribution < 1.29 is 14.3 Å². The van der Waals surface area contributed by atoms with Crippen molar-refractivity contribution in [3.63, 3.8) is 0 Å². The van der Waals surface area contributed by atoms with E-state index < -0.39 is 5.60 Å². The maximum Gasteiger partial charge on any atom is 0.410 e. The van der Waals surface area contributed by atoms with Gasteiger partial charge >= 0.3 is 6.09 Å². The van der Waals surface area contributed by atoms with Crippen molar-refractivity contribution in [3.05, 3.63) is 12.7 Å². The molecule has 1 rings (SSSR count). The molecular formula is C13H21NO3. The van der Waals surface area contributed by atoms with Crippen molar-refractivity contribution >= 4 is 11.9 Å². The van der Waals surface area contributed by atoms with E-state index in [0.29, 0.717) is 19.5 Å². The minimum atomic E-state index is -0.486. The van der Waals surface area contributed by atoms with Crippen LogP contribution in [0.3, 0.4) is 0 Å². The van der Waals surface area contributed by atoms with Gasteiger partial charge in [-0.25, -0.2) is 4.79 Å². The van der Waals surface area contributed by atoms with Crippen molar-refractivity contribution in [1.82, 2.24) is 4.90 Å². The fourth-order valence-corrected chi connectivity index (χ4v) is 1.82. The first-order chi connectivity index (χ1) is 7.83. The number of ether oxygens (including phenoxy) is 1. The molecule has 0 N–H and O–H groups in total. The highest BCUT2D eigenvalue weighted by molar-refractivity contribution is 5.83. The third kappa shape index (κ3) is 4.21. The molecule has 0 aromatic heterocycles. The molecule has 0 spiro atoms. The fourth-order valence-electron chi connectivity index (χ4n) is 1.82. The lowest BCUT2D eigenvalue weighted by Crippen LogP contribution is -2.35. The molecule has 0 aromatic rings. The summed E-state index contributed by atoms with van der Waals surface area (Å²) in [4.78, 5) is 25.0. The van der Waals surface area contributed by atoms with Crippen LogP contribution >= 0.6 is 0 Å². The Hall–Kier alpha value is -1.32. The number of Topliss-reactive ketones (excluding diaryl/α,β-unsaturated/α-hetero) is 1. The highest BCUT2D eigenvalue weighted by Gasteiger charge is 2.32. The van der Waals surface area contributed by atoms with Crippen molar-refractivity contribution in [2.24, 2.45) is 5.92 Å². The smallest absolute Gasteiger partial charge is 0.410 e. The van der Waals surface area contributed by atoms with E-state index in [0.717, 1.165) is 6.42 Å². The highest BCUT2D eigenvalue weighted by atomic mass is 16.6. The molecule has 96 valence electrons. The first-order valence-corrected chi connectivity index (χ1v) is 5.95. The lowest BCUT2D eigenvalue weighted by atomic mass is 10.0. The second-order valence-corrected chi connectivity index (χ2v) is 5.37. The molecule has 0 aliphatic carbocycles. The summed E-state index contributed by atoms with van der Waals surface area (Å²) in [6.45, 7) is 10.1. The Morgan fingerprint density at radius 2 is 2.12 bits per heavy atom. The zero-order chi connectivity index (χ0) is 13.1. The van der Waals surface area contributed by atoms with Gasteiger partial charge in [-0.1, -0.05) is 6.08 Å². The maximum atomic E-state index is 11.8. The monoisotopic (exact) mass is 239 g/mol. The van der Waals surface area contributed by atoms with E-state index in [2.05, 4.69) is 6.58 Å². The van der Waals surface area contributed by atoms with Gasteiger partial charge in [0.25, 0.3) is 0 Å². The number of rotatable bonds is 3. The van der Waals surface area contributed by atoms with E-state index in [1.165, 1.54) is 0 Å². The van der Waals surface area contributed by atoms with Gasteiger partial charge in [-0.15, -0.1) is 6.58 Å². The number of allylic oxidation sites excluding steroid dienone is 1. The normalized spacial score (nSPS) is 20.2. The number of hydrogen-bond acceptors (Lipinski definition) is 3. The second kappa shape index (κ2) is 5.34. The number of ketones is 1. The SMILES string of the molecule is C=CCC(=O)C1CCN(C(=O)OC(C)(C)C)C1. The summed E-state index contributed by atoms with van der Waals surface area (Å²) in [5, 5.41) is 0. The molecule has 0 saturated carbocycles. The van der Waals surface area contributed by atoms with Gasteiger partial charge in [0.2, 0.25) is 0 Å². The largest absolute Gasteiger partial charge is 0.444 e. The average Bonchev–Trinajstić information content (AvgIpc) is 2.63. The summed E-state index contributed by atoms with van der Waals surface area (Å²) in [6, 6.07) is 0. The van der Waals surface area contributed by atoms with E-state index >= 15 is 0 Å². The Kier molecular flexibility index (Phi) is 4.32. The number of likely N-dealkylation sites (tertiary alicyclic amines) is 1. The van der Waals surface area contributed by atoms with Crippen LogP contribution in [0.4, 0.5) is 4.79 Å². The molecular weight excluding hydrogens is 218 g/mol. The molecule has 0 bridgehead atoms. The van der Waals surface area contributed by atoms with Crippen LogP contribution in [0.2, 0.25) is 0 Å². The molecule has 4 heteroatoms. The van der Waals surface area contributed by atoms with E-state index in [1.807, 2.05) is 20.8 Å². The lowest BCUT2D eigenvalue weighted by Gasteiger charge is -2.24. The Labute approximate surface area is 103 Å². The van der Waals surface area contributed by atoms with Crippen LogP contribution in [-0.4, -0.2) is 35.5 Å². The number of hydrogen-bond donors (Lipinski definition) is 0. The van der Waals surface area contributed by atoms with Crippen LogP contribution in [0.5, 0.6) is 0 Å². The van der Waals surface area contributed by atoms with Gasteiger partial charge in [-0.3, -0.25) is 4.79 Å². The Bertz CT molecular complexity index is 317. The Balaban J connectivity index is 2.47. The van der Waals surface area contributed by atoms with Crippen LogP contribution in [-0.2, 0) is 9.53 Å². The lowest BCUT2D eigenvalue weighted by molar-refractivity contribution is -0.121. The number of carbonyl (C=O) groups excluding carboxylic acids is 2. The zero-order valence-corrected chi connectivity index (χ0v) is 10.9. The Morgan fingerprint density at radius 1 is 1.47 bits per heavy atom. The fraction of sp³-hybridized carbons (Fsp3) is 0.692. The van der Waals surface area contributed by atoms with E-state index in [-0.39, 0.29) is 17.8 Å². The number of carbonyl (C=O) groups is 2. The van der Waals surface area contributed by atoms with Crippen LogP contribution in [0, 0.1) is 5.92 Å². The molecule has 1 aliphatic heterocycles. The van der Waals surface area contributed by atoms with Crippen LogP contribution in [0.25, 0.3) is 0 Å². The topological polar surface area (TPSA) is 46.6 Å². The summed E-state index contributed by atoms with van der Waals surface area (Å²) in [5.74, 6) is 0.103. The van der Waals surface area contributed by atoms with Gasteiger partial charge in [-0.05, 0) is 27.2 Å². The van der Waals surface area contributed by atoms with Gasteiger partial charge in [0.15, 0.2) is 0 Å². The molecule has 17 heavy (non-hydrogen) atoms. The van der Waals surface area contributed by atoms with Gasteiger partial charge in [0, 0.05) is 25.4 Å². The third-order valence-electron chi connectivity index (χ3n) is 2.64. The first kappa shape index (κ1) is 13.7. The highest BCUT2D eigenvalue weighted by Crippen LogP contribution is 2.21. The van der Waals surface area contributed by atoms with Crippen molar-refractivity contribution in [2.45, 2.75) is 39.2 Å². The molecule has 1 amide bonds. The van der Waals surface area contributed by atoms with Crippen LogP contribution < -0.4 is 0 Å². The summed E-state index contributed by atoms with van der Waals surface area (Å²) >= 11 is 0. The average molecular weight is 239 g/mol. The summed E-state index contributed by atoms with van der Waals surface area (Å²) < 4.78 is 5.27.